The van der Waals surface area contributed by atoms with Gasteiger partial charge in [-0.3, -0.25) is 4.79 Å². The van der Waals surface area contributed by atoms with Crippen molar-refractivity contribution in [1.29, 1.82) is 0 Å². The molecule has 2 aromatic carbocycles. The fraction of sp³-hybridized carbons (Fsp3) is 0.176. The Balaban J connectivity index is 1.88. The minimum Gasteiger partial charge on any atom is -0.497 e. The summed E-state index contributed by atoms with van der Waals surface area (Å²) >= 11 is 0. The van der Waals surface area contributed by atoms with Crippen LogP contribution >= 0.6 is 0 Å². The van der Waals surface area contributed by atoms with E-state index >= 15 is 0 Å². The molecule has 0 aliphatic carbocycles. The first kappa shape index (κ1) is 16.4. The van der Waals surface area contributed by atoms with Gasteiger partial charge in [0.1, 0.15) is 5.75 Å². The summed E-state index contributed by atoms with van der Waals surface area (Å²) in [5.74, 6) is 0.577. The van der Waals surface area contributed by atoms with Crippen molar-refractivity contribution in [3.63, 3.8) is 0 Å². The zero-order valence-electron chi connectivity index (χ0n) is 13.1. The number of nitrogens with one attached hydrogen (secondary N) is 3. The average molecular weight is 313 g/mol. The van der Waals surface area contributed by atoms with E-state index in [4.69, 9.17) is 4.74 Å². The number of amides is 3. The third kappa shape index (κ3) is 4.74. The highest BCUT2D eigenvalue weighted by Gasteiger charge is 2.05. The zero-order chi connectivity index (χ0) is 16.7. The Morgan fingerprint density at radius 1 is 1.09 bits per heavy atom. The van der Waals surface area contributed by atoms with Crippen LogP contribution in [0.5, 0.6) is 5.75 Å². The van der Waals surface area contributed by atoms with Crippen LogP contribution in [0.25, 0.3) is 0 Å². The number of carbonyl (C=O) groups is 2. The summed E-state index contributed by atoms with van der Waals surface area (Å²) in [6, 6.07) is 13.8. The molecule has 2 rings (SSSR count). The van der Waals surface area contributed by atoms with Crippen LogP contribution in [0.15, 0.2) is 48.5 Å². The van der Waals surface area contributed by atoms with E-state index < -0.39 is 0 Å². The van der Waals surface area contributed by atoms with Gasteiger partial charge in [-0.25, -0.2) is 4.79 Å². The molecule has 0 fully saturated rings. The first-order valence-electron chi connectivity index (χ1n) is 7.12. The molecule has 0 spiro atoms. The number of hydrogen-bond donors (Lipinski definition) is 3. The van der Waals surface area contributed by atoms with Crippen LogP contribution in [0.4, 0.5) is 10.5 Å². The third-order valence-electron chi connectivity index (χ3n) is 3.22. The molecule has 0 aromatic heterocycles. The number of urea groups is 1. The van der Waals surface area contributed by atoms with Crippen molar-refractivity contribution < 1.29 is 14.3 Å². The van der Waals surface area contributed by atoms with E-state index in [0.29, 0.717) is 17.8 Å². The summed E-state index contributed by atoms with van der Waals surface area (Å²) in [5, 5.41) is 8.01. The highest BCUT2D eigenvalue weighted by atomic mass is 16.5. The van der Waals surface area contributed by atoms with Crippen LogP contribution < -0.4 is 20.7 Å². The minimum absolute atomic E-state index is 0.168. The Hall–Kier alpha value is -3.02. The van der Waals surface area contributed by atoms with Gasteiger partial charge in [-0.2, -0.15) is 0 Å². The number of hydrogen-bond acceptors (Lipinski definition) is 3. The maximum atomic E-state index is 11.9. The van der Waals surface area contributed by atoms with Gasteiger partial charge >= 0.3 is 6.03 Å². The fourth-order valence-corrected chi connectivity index (χ4v) is 1.99. The van der Waals surface area contributed by atoms with E-state index in [9.17, 15) is 9.59 Å². The molecule has 0 saturated carbocycles. The van der Waals surface area contributed by atoms with Gasteiger partial charge in [0.25, 0.3) is 5.91 Å². The molecule has 0 saturated heterocycles. The average Bonchev–Trinajstić information content (AvgIpc) is 2.60. The standard InChI is InChI=1S/C17H19N3O3/c1-18-16(21)13-6-8-14(9-7-13)20-17(22)19-11-12-4-3-5-15(10-12)23-2/h3-10H,11H2,1-2H3,(H,18,21)(H2,19,20,22). The van der Waals surface area contributed by atoms with E-state index in [1.165, 1.54) is 0 Å². The molecule has 23 heavy (non-hydrogen) atoms. The molecule has 2 aromatic rings. The largest absolute Gasteiger partial charge is 0.497 e. The summed E-state index contributed by atoms with van der Waals surface area (Å²) in [6.07, 6.45) is 0. The number of benzene rings is 2. The second kappa shape index (κ2) is 7.84. The third-order valence-corrected chi connectivity index (χ3v) is 3.22. The number of anilines is 1. The highest BCUT2D eigenvalue weighted by molar-refractivity contribution is 5.95. The molecular weight excluding hydrogens is 294 g/mol. The van der Waals surface area contributed by atoms with Crippen molar-refractivity contribution in [2.24, 2.45) is 0 Å². The first-order chi connectivity index (χ1) is 11.1. The smallest absolute Gasteiger partial charge is 0.319 e. The molecule has 0 unspecified atom stereocenters. The lowest BCUT2D eigenvalue weighted by molar-refractivity contribution is 0.0963. The normalized spacial score (nSPS) is 9.83. The Kier molecular flexibility index (Phi) is 5.57. The van der Waals surface area contributed by atoms with Gasteiger partial charge in [0, 0.05) is 24.8 Å². The Morgan fingerprint density at radius 2 is 1.83 bits per heavy atom. The second-order valence-electron chi connectivity index (χ2n) is 4.82. The molecule has 0 heterocycles. The van der Waals surface area contributed by atoms with Gasteiger partial charge in [-0.05, 0) is 42.0 Å². The van der Waals surface area contributed by atoms with E-state index in [-0.39, 0.29) is 11.9 Å². The number of carbonyl (C=O) groups excluding carboxylic acids is 2. The van der Waals surface area contributed by atoms with Crippen molar-refractivity contribution in [2.45, 2.75) is 6.54 Å². The molecule has 6 heteroatoms. The monoisotopic (exact) mass is 313 g/mol. The fourth-order valence-electron chi connectivity index (χ4n) is 1.99. The molecule has 6 nitrogen and oxygen atoms in total. The number of ether oxygens (including phenoxy) is 1. The zero-order valence-corrected chi connectivity index (χ0v) is 13.1. The van der Waals surface area contributed by atoms with Crippen molar-refractivity contribution in [3.8, 4) is 5.75 Å². The quantitative estimate of drug-likeness (QED) is 0.793. The minimum atomic E-state index is -0.319. The summed E-state index contributed by atoms with van der Waals surface area (Å²) < 4.78 is 5.14. The first-order valence-corrected chi connectivity index (χ1v) is 7.12. The molecule has 3 N–H and O–H groups in total. The topological polar surface area (TPSA) is 79.5 Å². The van der Waals surface area contributed by atoms with Crippen LogP contribution in [0.2, 0.25) is 0 Å². The Morgan fingerprint density at radius 3 is 2.48 bits per heavy atom. The lowest BCUT2D eigenvalue weighted by atomic mass is 10.2. The summed E-state index contributed by atoms with van der Waals surface area (Å²) in [6.45, 7) is 0.388. The van der Waals surface area contributed by atoms with Crippen molar-refractivity contribution in [3.05, 3.63) is 59.7 Å². The molecule has 120 valence electrons. The van der Waals surface area contributed by atoms with Crippen LogP contribution in [0.3, 0.4) is 0 Å². The molecule has 0 aliphatic heterocycles. The van der Waals surface area contributed by atoms with Crippen molar-refractivity contribution >= 4 is 17.6 Å². The predicted molar refractivity (Wildman–Crippen MR) is 88.7 cm³/mol. The lowest BCUT2D eigenvalue weighted by Crippen LogP contribution is -2.28. The van der Waals surface area contributed by atoms with E-state index in [1.807, 2.05) is 24.3 Å². The summed E-state index contributed by atoms with van der Waals surface area (Å²) in [7, 11) is 3.17. The summed E-state index contributed by atoms with van der Waals surface area (Å²) in [4.78, 5) is 23.3. The van der Waals surface area contributed by atoms with Gasteiger partial charge in [-0.1, -0.05) is 12.1 Å². The lowest BCUT2D eigenvalue weighted by Gasteiger charge is -2.09. The van der Waals surface area contributed by atoms with Crippen LogP contribution in [0.1, 0.15) is 15.9 Å². The van der Waals surface area contributed by atoms with Gasteiger partial charge in [-0.15, -0.1) is 0 Å². The van der Waals surface area contributed by atoms with Gasteiger partial charge in [0.05, 0.1) is 7.11 Å². The highest BCUT2D eigenvalue weighted by Crippen LogP contribution is 2.12. The SMILES string of the molecule is CNC(=O)c1ccc(NC(=O)NCc2cccc(OC)c2)cc1. The number of methoxy groups -OCH3 is 1. The van der Waals surface area contributed by atoms with Crippen LogP contribution in [-0.2, 0) is 6.54 Å². The molecular formula is C17H19N3O3. The molecule has 3 amide bonds. The van der Waals surface area contributed by atoms with E-state index in [0.717, 1.165) is 11.3 Å². The number of rotatable bonds is 5. The van der Waals surface area contributed by atoms with Gasteiger partial charge in [0.2, 0.25) is 0 Å². The molecule has 0 bridgehead atoms. The molecule has 0 aliphatic rings. The van der Waals surface area contributed by atoms with Crippen LogP contribution in [-0.4, -0.2) is 26.1 Å². The van der Waals surface area contributed by atoms with E-state index in [2.05, 4.69) is 16.0 Å². The Bertz CT molecular complexity index is 684. The predicted octanol–water partition coefficient (Wildman–Crippen LogP) is 2.38. The molecule has 0 atom stereocenters. The molecule has 0 radical (unpaired) electrons. The van der Waals surface area contributed by atoms with E-state index in [1.54, 1.807) is 38.4 Å². The van der Waals surface area contributed by atoms with Crippen molar-refractivity contribution in [1.82, 2.24) is 10.6 Å². The maximum absolute atomic E-state index is 11.9. The van der Waals surface area contributed by atoms with Gasteiger partial charge in [0.15, 0.2) is 0 Å². The van der Waals surface area contributed by atoms with Gasteiger partial charge < -0.3 is 20.7 Å². The maximum Gasteiger partial charge on any atom is 0.319 e. The summed E-state index contributed by atoms with van der Waals surface area (Å²) in [5.41, 5.74) is 2.09. The van der Waals surface area contributed by atoms with Crippen LogP contribution in [0, 0.1) is 0 Å². The van der Waals surface area contributed by atoms with Crippen molar-refractivity contribution in [2.75, 3.05) is 19.5 Å². The second-order valence-corrected chi connectivity index (χ2v) is 4.82. The Labute approximate surface area is 134 Å².